The van der Waals surface area contributed by atoms with Crippen LogP contribution in [0.1, 0.15) is 54.7 Å². The molecule has 0 saturated heterocycles. The van der Waals surface area contributed by atoms with E-state index in [0.717, 1.165) is 0 Å². The van der Waals surface area contributed by atoms with Crippen molar-refractivity contribution in [2.75, 3.05) is 7.05 Å². The van der Waals surface area contributed by atoms with Gasteiger partial charge in [0, 0.05) is 4.88 Å². The second kappa shape index (κ2) is 5.28. The Morgan fingerprint density at radius 2 is 2.12 bits per heavy atom. The van der Waals surface area contributed by atoms with Crippen LogP contribution in [0.15, 0.2) is 0 Å². The van der Waals surface area contributed by atoms with Crippen LogP contribution in [-0.2, 0) is 12.8 Å². The fourth-order valence-corrected chi connectivity index (χ4v) is 3.79. The van der Waals surface area contributed by atoms with Gasteiger partial charge in [-0.3, -0.25) is 0 Å². The van der Waals surface area contributed by atoms with Gasteiger partial charge in [0.05, 0.1) is 11.7 Å². The van der Waals surface area contributed by atoms with Gasteiger partial charge in [-0.15, -0.1) is 11.3 Å². The molecular weight excluding hydrogens is 216 g/mol. The molecule has 0 aliphatic heterocycles. The number of hydrogen-bond donors (Lipinski definition) is 1. The Morgan fingerprint density at radius 1 is 1.38 bits per heavy atom. The van der Waals surface area contributed by atoms with Gasteiger partial charge in [-0.25, -0.2) is 4.98 Å². The van der Waals surface area contributed by atoms with Gasteiger partial charge >= 0.3 is 0 Å². The topological polar surface area (TPSA) is 24.9 Å². The minimum absolute atomic E-state index is 0.445. The summed E-state index contributed by atoms with van der Waals surface area (Å²) in [6.07, 6.45) is 6.33. The molecule has 1 aliphatic carbocycles. The average Bonchev–Trinajstić information content (AvgIpc) is 2.72. The molecule has 0 fully saturated rings. The van der Waals surface area contributed by atoms with Crippen LogP contribution in [-0.4, -0.2) is 12.0 Å². The normalized spacial score (nSPS) is 19.2. The first-order valence-corrected chi connectivity index (χ1v) is 7.23. The lowest BCUT2D eigenvalue weighted by Crippen LogP contribution is -2.22. The molecule has 1 N–H and O–H groups in total. The summed E-state index contributed by atoms with van der Waals surface area (Å²) < 4.78 is 0. The van der Waals surface area contributed by atoms with E-state index in [4.69, 9.17) is 4.98 Å². The molecule has 2 nitrogen and oxygen atoms in total. The summed E-state index contributed by atoms with van der Waals surface area (Å²) in [5.74, 6) is 0.664. The first kappa shape index (κ1) is 12.1. The third kappa shape index (κ3) is 2.30. The summed E-state index contributed by atoms with van der Waals surface area (Å²) in [4.78, 5) is 6.39. The molecule has 1 aromatic heterocycles. The molecule has 1 heterocycles. The van der Waals surface area contributed by atoms with E-state index < -0.39 is 0 Å². The summed E-state index contributed by atoms with van der Waals surface area (Å²) in [5.41, 5.74) is 1.38. The molecule has 3 heteroatoms. The Labute approximate surface area is 102 Å². The van der Waals surface area contributed by atoms with Gasteiger partial charge in [0.15, 0.2) is 0 Å². The molecule has 0 amide bonds. The van der Waals surface area contributed by atoms with Crippen molar-refractivity contribution in [3.8, 4) is 0 Å². The lowest BCUT2D eigenvalue weighted by molar-refractivity contribution is 0.398. The van der Waals surface area contributed by atoms with Gasteiger partial charge in [-0.05, 0) is 38.6 Å². The van der Waals surface area contributed by atoms with Crippen molar-refractivity contribution in [2.24, 2.45) is 5.92 Å². The maximum absolute atomic E-state index is 4.85. The second-order valence-corrected chi connectivity index (χ2v) is 5.90. The molecule has 0 aromatic carbocycles. The Hall–Kier alpha value is -0.410. The molecule has 90 valence electrons. The highest BCUT2D eigenvalue weighted by atomic mass is 32.1. The van der Waals surface area contributed by atoms with E-state index in [2.05, 4.69) is 26.2 Å². The van der Waals surface area contributed by atoms with Gasteiger partial charge in [-0.1, -0.05) is 20.3 Å². The van der Waals surface area contributed by atoms with Crippen LogP contribution in [0.25, 0.3) is 0 Å². The summed E-state index contributed by atoms with van der Waals surface area (Å²) >= 11 is 1.94. The van der Waals surface area contributed by atoms with E-state index in [9.17, 15) is 0 Å². The van der Waals surface area contributed by atoms with Gasteiger partial charge in [0.2, 0.25) is 0 Å². The van der Waals surface area contributed by atoms with Crippen molar-refractivity contribution >= 4 is 11.3 Å². The van der Waals surface area contributed by atoms with Crippen LogP contribution in [0.4, 0.5) is 0 Å². The fraction of sp³-hybridized carbons (Fsp3) is 0.769. The maximum atomic E-state index is 4.85. The third-order valence-electron chi connectivity index (χ3n) is 3.65. The molecule has 0 bridgehead atoms. The van der Waals surface area contributed by atoms with E-state index in [0.29, 0.717) is 12.0 Å². The Balaban J connectivity index is 2.21. The summed E-state index contributed by atoms with van der Waals surface area (Å²) in [6.45, 7) is 4.56. The number of aryl methyl sites for hydroxylation is 2. The highest BCUT2D eigenvalue weighted by Gasteiger charge is 2.23. The molecule has 2 atom stereocenters. The Kier molecular flexibility index (Phi) is 3.98. The monoisotopic (exact) mass is 238 g/mol. The zero-order chi connectivity index (χ0) is 11.5. The molecule has 1 aliphatic rings. The highest BCUT2D eigenvalue weighted by Crippen LogP contribution is 2.33. The average molecular weight is 238 g/mol. The van der Waals surface area contributed by atoms with Crippen LogP contribution >= 0.6 is 11.3 Å². The minimum atomic E-state index is 0.445. The number of fused-ring (bicyclic) bond motifs is 1. The molecule has 0 saturated carbocycles. The van der Waals surface area contributed by atoms with Crippen LogP contribution in [0.2, 0.25) is 0 Å². The Bertz CT molecular complexity index is 322. The number of rotatable bonds is 4. The first-order chi connectivity index (χ1) is 7.76. The van der Waals surface area contributed by atoms with Crippen molar-refractivity contribution in [1.29, 1.82) is 0 Å². The molecule has 1 aromatic rings. The molecule has 2 rings (SSSR count). The number of nitrogens with one attached hydrogen (secondary N) is 1. The van der Waals surface area contributed by atoms with E-state index >= 15 is 0 Å². The predicted octanol–water partition coefficient (Wildman–Crippen LogP) is 3.33. The number of thiazole rings is 1. The van der Waals surface area contributed by atoms with Crippen molar-refractivity contribution in [1.82, 2.24) is 10.3 Å². The lowest BCUT2D eigenvalue weighted by Gasteiger charge is -2.19. The van der Waals surface area contributed by atoms with Crippen molar-refractivity contribution in [3.63, 3.8) is 0 Å². The van der Waals surface area contributed by atoms with E-state index in [1.165, 1.54) is 42.8 Å². The molecular formula is C13H22N2S. The number of aromatic nitrogens is 1. The quantitative estimate of drug-likeness (QED) is 0.870. The van der Waals surface area contributed by atoms with Gasteiger partial charge in [0.25, 0.3) is 0 Å². The van der Waals surface area contributed by atoms with Crippen LogP contribution < -0.4 is 5.32 Å². The largest absolute Gasteiger partial charge is 0.311 e. The summed E-state index contributed by atoms with van der Waals surface area (Å²) in [6, 6.07) is 0.445. The third-order valence-corrected chi connectivity index (χ3v) is 4.89. The standard InChI is InChI=1S/C13H22N2S/c1-4-9(2)12(14-3)13-15-10-7-5-6-8-11(10)16-13/h9,12,14H,4-8H2,1-3H3. The van der Waals surface area contributed by atoms with Gasteiger partial charge in [0.1, 0.15) is 5.01 Å². The fourth-order valence-electron chi connectivity index (χ4n) is 2.39. The highest BCUT2D eigenvalue weighted by molar-refractivity contribution is 7.11. The van der Waals surface area contributed by atoms with Crippen LogP contribution in [0.3, 0.4) is 0 Å². The number of nitrogens with zero attached hydrogens (tertiary/aromatic N) is 1. The lowest BCUT2D eigenvalue weighted by atomic mass is 9.99. The van der Waals surface area contributed by atoms with Crippen LogP contribution in [0, 0.1) is 5.92 Å². The maximum Gasteiger partial charge on any atom is 0.110 e. The predicted molar refractivity (Wildman–Crippen MR) is 70.0 cm³/mol. The van der Waals surface area contributed by atoms with E-state index in [-0.39, 0.29) is 0 Å². The second-order valence-electron chi connectivity index (χ2n) is 4.78. The smallest absolute Gasteiger partial charge is 0.110 e. The van der Waals surface area contributed by atoms with E-state index in [1.807, 2.05) is 11.3 Å². The summed E-state index contributed by atoms with van der Waals surface area (Å²) in [7, 11) is 2.05. The minimum Gasteiger partial charge on any atom is -0.311 e. The van der Waals surface area contributed by atoms with Crippen molar-refractivity contribution in [2.45, 2.75) is 52.0 Å². The molecule has 2 unspecified atom stereocenters. The van der Waals surface area contributed by atoms with Gasteiger partial charge in [-0.2, -0.15) is 0 Å². The van der Waals surface area contributed by atoms with Crippen molar-refractivity contribution < 1.29 is 0 Å². The molecule has 0 radical (unpaired) electrons. The SMILES string of the molecule is CCC(C)C(NC)c1nc2c(s1)CCCC2. The first-order valence-electron chi connectivity index (χ1n) is 6.42. The molecule has 16 heavy (non-hydrogen) atoms. The Morgan fingerprint density at radius 3 is 2.75 bits per heavy atom. The van der Waals surface area contributed by atoms with Crippen molar-refractivity contribution in [3.05, 3.63) is 15.6 Å². The number of hydrogen-bond acceptors (Lipinski definition) is 3. The van der Waals surface area contributed by atoms with E-state index in [1.54, 1.807) is 4.88 Å². The zero-order valence-electron chi connectivity index (χ0n) is 10.5. The van der Waals surface area contributed by atoms with Crippen LogP contribution in [0.5, 0.6) is 0 Å². The zero-order valence-corrected chi connectivity index (χ0v) is 11.4. The molecule has 0 spiro atoms. The van der Waals surface area contributed by atoms with Gasteiger partial charge < -0.3 is 5.32 Å². The summed E-state index contributed by atoms with van der Waals surface area (Å²) in [5, 5.41) is 4.74.